The Labute approximate surface area is 147 Å². The van der Waals surface area contributed by atoms with Gasteiger partial charge >= 0.3 is 0 Å². The molecule has 1 amide bonds. The van der Waals surface area contributed by atoms with Gasteiger partial charge in [0.05, 0.1) is 11.0 Å². The minimum Gasteiger partial charge on any atom is -0.377 e. The summed E-state index contributed by atoms with van der Waals surface area (Å²) in [6.07, 6.45) is 5.75. The van der Waals surface area contributed by atoms with Crippen LogP contribution in [0.4, 0.5) is 5.69 Å². The smallest absolute Gasteiger partial charge is 0.270 e. The number of nitro benzene ring substituents is 1. The monoisotopic (exact) mass is 345 g/mol. The third kappa shape index (κ3) is 4.87. The Morgan fingerprint density at radius 2 is 2.12 bits per heavy atom. The maximum Gasteiger partial charge on any atom is 0.270 e. The van der Waals surface area contributed by atoms with Gasteiger partial charge in [0, 0.05) is 57.5 Å². The first-order chi connectivity index (χ1) is 12.1. The molecule has 2 heterocycles. The molecule has 1 unspecified atom stereocenters. The molecule has 0 aliphatic carbocycles. The molecule has 0 bridgehead atoms. The van der Waals surface area contributed by atoms with E-state index >= 15 is 0 Å². The third-order valence-corrected chi connectivity index (χ3v) is 4.67. The van der Waals surface area contributed by atoms with Crippen molar-refractivity contribution in [2.75, 3.05) is 39.3 Å². The average molecular weight is 345 g/mol. The van der Waals surface area contributed by atoms with Crippen LogP contribution in [0.2, 0.25) is 0 Å². The van der Waals surface area contributed by atoms with E-state index < -0.39 is 4.92 Å². The molecule has 1 atom stereocenters. The molecule has 7 heteroatoms. The van der Waals surface area contributed by atoms with Crippen LogP contribution in [0.3, 0.4) is 0 Å². The first kappa shape index (κ1) is 17.6. The maximum absolute atomic E-state index is 12.3. The van der Waals surface area contributed by atoms with Crippen molar-refractivity contribution in [1.29, 1.82) is 0 Å². The molecule has 2 fully saturated rings. The van der Waals surface area contributed by atoms with E-state index in [4.69, 9.17) is 4.74 Å². The molecule has 1 aromatic rings. The fraction of sp³-hybridized carbons (Fsp3) is 0.500. The van der Waals surface area contributed by atoms with Crippen LogP contribution in [-0.4, -0.2) is 66.1 Å². The van der Waals surface area contributed by atoms with E-state index in [9.17, 15) is 14.9 Å². The average Bonchev–Trinajstić information content (AvgIpc) is 3.13. The molecule has 25 heavy (non-hydrogen) atoms. The predicted octanol–water partition coefficient (Wildman–Crippen LogP) is 1.93. The number of nitrogens with zero attached hydrogens (tertiary/aromatic N) is 3. The second-order valence-electron chi connectivity index (χ2n) is 6.45. The van der Waals surface area contributed by atoms with Crippen molar-refractivity contribution in [2.24, 2.45) is 0 Å². The van der Waals surface area contributed by atoms with Crippen molar-refractivity contribution in [3.05, 3.63) is 46.0 Å². The number of carbonyl (C=O) groups excluding carboxylic acids is 1. The van der Waals surface area contributed by atoms with Gasteiger partial charge in [-0.2, -0.15) is 0 Å². The number of piperazine rings is 1. The fourth-order valence-corrected chi connectivity index (χ4v) is 3.24. The van der Waals surface area contributed by atoms with E-state index in [2.05, 4.69) is 4.90 Å². The SMILES string of the molecule is O=C(C=Cc1cccc([N+](=O)[O-])c1)N1CCN(CC2CCCO2)CC1. The molecule has 2 aliphatic heterocycles. The Morgan fingerprint density at radius 3 is 2.80 bits per heavy atom. The summed E-state index contributed by atoms with van der Waals surface area (Å²) in [5.41, 5.74) is 0.678. The highest BCUT2D eigenvalue weighted by Crippen LogP contribution is 2.16. The van der Waals surface area contributed by atoms with E-state index in [1.165, 1.54) is 18.2 Å². The largest absolute Gasteiger partial charge is 0.377 e. The molecule has 0 aromatic heterocycles. The lowest BCUT2D eigenvalue weighted by molar-refractivity contribution is -0.384. The standard InChI is InChI=1S/C18H23N3O4/c22-18(7-6-15-3-1-4-16(13-15)21(23)24)20-10-8-19(9-11-20)14-17-5-2-12-25-17/h1,3-4,6-7,13,17H,2,5,8-12,14H2. The Morgan fingerprint density at radius 1 is 1.32 bits per heavy atom. The Hall–Kier alpha value is -2.25. The number of nitro groups is 1. The topological polar surface area (TPSA) is 75.9 Å². The summed E-state index contributed by atoms with van der Waals surface area (Å²) < 4.78 is 5.66. The minimum absolute atomic E-state index is 0.0253. The van der Waals surface area contributed by atoms with Gasteiger partial charge in [-0.05, 0) is 24.5 Å². The molecule has 0 saturated carbocycles. The maximum atomic E-state index is 12.3. The van der Waals surface area contributed by atoms with Gasteiger partial charge < -0.3 is 9.64 Å². The summed E-state index contributed by atoms with van der Waals surface area (Å²) in [6, 6.07) is 6.26. The predicted molar refractivity (Wildman–Crippen MR) is 94.1 cm³/mol. The lowest BCUT2D eigenvalue weighted by atomic mass is 10.2. The number of ether oxygens (including phenoxy) is 1. The number of hydrogen-bond acceptors (Lipinski definition) is 5. The number of hydrogen-bond donors (Lipinski definition) is 0. The quantitative estimate of drug-likeness (QED) is 0.463. The van der Waals surface area contributed by atoms with Crippen molar-refractivity contribution >= 4 is 17.7 Å². The normalized spacial score (nSPS) is 21.8. The molecule has 134 valence electrons. The molecule has 2 saturated heterocycles. The van der Waals surface area contributed by atoms with Crippen LogP contribution in [0, 0.1) is 10.1 Å². The summed E-state index contributed by atoms with van der Waals surface area (Å²) in [5, 5.41) is 10.8. The first-order valence-electron chi connectivity index (χ1n) is 8.67. The zero-order chi connectivity index (χ0) is 17.6. The fourth-order valence-electron chi connectivity index (χ4n) is 3.24. The molecule has 3 rings (SSSR count). The molecule has 0 radical (unpaired) electrons. The Bertz CT molecular complexity index is 647. The van der Waals surface area contributed by atoms with Gasteiger partial charge in [-0.15, -0.1) is 0 Å². The summed E-state index contributed by atoms with van der Waals surface area (Å²) in [7, 11) is 0. The van der Waals surface area contributed by atoms with E-state index in [0.717, 1.165) is 39.1 Å². The van der Waals surface area contributed by atoms with Gasteiger partial charge in [-0.3, -0.25) is 19.8 Å². The molecule has 2 aliphatic rings. The van der Waals surface area contributed by atoms with Crippen LogP contribution in [0.15, 0.2) is 30.3 Å². The van der Waals surface area contributed by atoms with Crippen LogP contribution in [0.25, 0.3) is 6.08 Å². The number of carbonyl (C=O) groups is 1. The minimum atomic E-state index is -0.438. The second-order valence-corrected chi connectivity index (χ2v) is 6.45. The Balaban J connectivity index is 1.49. The van der Waals surface area contributed by atoms with Crippen molar-refractivity contribution < 1.29 is 14.5 Å². The van der Waals surface area contributed by atoms with E-state index in [1.54, 1.807) is 18.2 Å². The van der Waals surface area contributed by atoms with Crippen molar-refractivity contribution in [1.82, 2.24) is 9.80 Å². The molecule has 0 spiro atoms. The highest BCUT2D eigenvalue weighted by molar-refractivity contribution is 5.91. The molecule has 7 nitrogen and oxygen atoms in total. The van der Waals surface area contributed by atoms with Crippen molar-refractivity contribution in [2.45, 2.75) is 18.9 Å². The number of non-ortho nitro benzene ring substituents is 1. The summed E-state index contributed by atoms with van der Waals surface area (Å²) >= 11 is 0. The molecule has 0 N–H and O–H groups in total. The second kappa shape index (κ2) is 8.22. The van der Waals surface area contributed by atoms with Crippen LogP contribution >= 0.6 is 0 Å². The van der Waals surface area contributed by atoms with Crippen LogP contribution < -0.4 is 0 Å². The van der Waals surface area contributed by atoms with Gasteiger partial charge in [0.2, 0.25) is 5.91 Å². The summed E-state index contributed by atoms with van der Waals surface area (Å²) in [6.45, 7) is 4.93. The third-order valence-electron chi connectivity index (χ3n) is 4.67. The van der Waals surface area contributed by atoms with Crippen molar-refractivity contribution in [3.63, 3.8) is 0 Å². The summed E-state index contributed by atoms with van der Waals surface area (Å²) in [4.78, 5) is 26.8. The van der Waals surface area contributed by atoms with Gasteiger partial charge in [0.15, 0.2) is 0 Å². The Kier molecular flexibility index (Phi) is 5.78. The highest BCUT2D eigenvalue weighted by atomic mass is 16.6. The van der Waals surface area contributed by atoms with Gasteiger partial charge in [0.1, 0.15) is 0 Å². The zero-order valence-corrected chi connectivity index (χ0v) is 14.2. The summed E-state index contributed by atoms with van der Waals surface area (Å²) in [5.74, 6) is -0.0525. The van der Waals surface area contributed by atoms with Gasteiger partial charge in [-0.1, -0.05) is 12.1 Å². The number of rotatable bonds is 5. The molecular formula is C18H23N3O4. The molecule has 1 aromatic carbocycles. The van der Waals surface area contributed by atoms with Crippen LogP contribution in [0.1, 0.15) is 18.4 Å². The lowest BCUT2D eigenvalue weighted by Gasteiger charge is -2.35. The lowest BCUT2D eigenvalue weighted by Crippen LogP contribution is -2.50. The number of amides is 1. The first-order valence-corrected chi connectivity index (χ1v) is 8.67. The van der Waals surface area contributed by atoms with Gasteiger partial charge in [-0.25, -0.2) is 0 Å². The van der Waals surface area contributed by atoms with Crippen LogP contribution in [-0.2, 0) is 9.53 Å². The van der Waals surface area contributed by atoms with E-state index in [0.29, 0.717) is 24.8 Å². The van der Waals surface area contributed by atoms with Crippen LogP contribution in [0.5, 0.6) is 0 Å². The van der Waals surface area contributed by atoms with E-state index in [1.807, 2.05) is 4.90 Å². The van der Waals surface area contributed by atoms with E-state index in [-0.39, 0.29) is 11.6 Å². The molecular weight excluding hydrogens is 322 g/mol. The highest BCUT2D eigenvalue weighted by Gasteiger charge is 2.24. The number of benzene rings is 1. The van der Waals surface area contributed by atoms with Crippen molar-refractivity contribution in [3.8, 4) is 0 Å². The van der Waals surface area contributed by atoms with Gasteiger partial charge in [0.25, 0.3) is 5.69 Å². The zero-order valence-electron chi connectivity index (χ0n) is 14.2.